The number of nitrogens with zero attached hydrogens (tertiary/aromatic N) is 1. The van der Waals surface area contributed by atoms with E-state index >= 15 is 0 Å². The molecule has 2 unspecified atom stereocenters. The Morgan fingerprint density at radius 1 is 1.06 bits per heavy atom. The summed E-state index contributed by atoms with van der Waals surface area (Å²) in [5, 5.41) is 12.5. The number of carbonyl (C=O) groups is 2. The number of urea groups is 1. The molecule has 3 N–H and O–H groups in total. The van der Waals surface area contributed by atoms with E-state index in [-0.39, 0.29) is 30.6 Å². The van der Waals surface area contributed by atoms with Crippen molar-refractivity contribution < 1.29 is 14.3 Å². The highest BCUT2D eigenvalue weighted by Gasteiger charge is 2.28. The van der Waals surface area contributed by atoms with Gasteiger partial charge in [0.05, 0.1) is 6.04 Å². The Balaban J connectivity index is 1.31. The molecule has 0 bridgehead atoms. The predicted molar refractivity (Wildman–Crippen MR) is 140 cm³/mol. The van der Waals surface area contributed by atoms with Gasteiger partial charge in [0.2, 0.25) is 0 Å². The van der Waals surface area contributed by atoms with Crippen LogP contribution >= 0.6 is 34.5 Å². The first-order valence-electron chi connectivity index (χ1n) is 11.3. The quantitative estimate of drug-likeness (QED) is 0.337. The molecule has 0 saturated heterocycles. The van der Waals surface area contributed by atoms with Gasteiger partial charge in [0.1, 0.15) is 23.1 Å². The Bertz CT molecular complexity index is 1190. The van der Waals surface area contributed by atoms with Gasteiger partial charge in [-0.05, 0) is 61.7 Å². The molecule has 10 heteroatoms. The van der Waals surface area contributed by atoms with E-state index in [4.69, 9.17) is 27.9 Å². The van der Waals surface area contributed by atoms with Gasteiger partial charge in [0.25, 0.3) is 5.91 Å². The highest BCUT2D eigenvalue weighted by Crippen LogP contribution is 2.22. The molecule has 1 saturated carbocycles. The van der Waals surface area contributed by atoms with E-state index in [1.807, 2.05) is 13.0 Å². The molecule has 2 aromatic carbocycles. The molecule has 1 heterocycles. The molecule has 2 atom stereocenters. The van der Waals surface area contributed by atoms with Crippen LogP contribution in [0, 0.1) is 6.92 Å². The van der Waals surface area contributed by atoms with Gasteiger partial charge in [0.15, 0.2) is 0 Å². The molecule has 7 nitrogen and oxygen atoms in total. The Labute approximate surface area is 218 Å². The predicted octanol–water partition coefficient (Wildman–Crippen LogP) is 6.20. The molecule has 0 spiro atoms. The van der Waals surface area contributed by atoms with E-state index in [0.29, 0.717) is 32.2 Å². The number of thiazole rings is 1. The lowest BCUT2D eigenvalue weighted by Gasteiger charge is -2.32. The standard InChI is InChI=1S/C25H26Cl2N4O3S/c1-15-6-9-17(12-19(15)27)28-25(33)31-21-5-3-2-4-20(21)30-24(32)22-14-35-23(29-22)13-34-18-10-7-16(26)8-11-18/h6-12,14,20-21H,2-5,13H2,1H3,(H,30,32)(H2,28,31,33). The zero-order chi connectivity index (χ0) is 24.8. The lowest BCUT2D eigenvalue weighted by molar-refractivity contribution is 0.0911. The van der Waals surface area contributed by atoms with Gasteiger partial charge < -0.3 is 20.7 Å². The van der Waals surface area contributed by atoms with E-state index in [2.05, 4.69) is 20.9 Å². The summed E-state index contributed by atoms with van der Waals surface area (Å²) in [6, 6.07) is 11.7. The van der Waals surface area contributed by atoms with Gasteiger partial charge in [-0.25, -0.2) is 9.78 Å². The number of amides is 3. The van der Waals surface area contributed by atoms with Crippen LogP contribution in [0.1, 0.15) is 46.7 Å². The topological polar surface area (TPSA) is 92.4 Å². The molecule has 0 radical (unpaired) electrons. The summed E-state index contributed by atoms with van der Waals surface area (Å²) in [6.07, 6.45) is 3.53. The molecular weight excluding hydrogens is 507 g/mol. The molecule has 1 aliphatic rings. The number of aromatic nitrogens is 1. The van der Waals surface area contributed by atoms with Gasteiger partial charge >= 0.3 is 6.03 Å². The summed E-state index contributed by atoms with van der Waals surface area (Å²) in [7, 11) is 0. The first-order valence-corrected chi connectivity index (χ1v) is 13.0. The number of hydrogen-bond donors (Lipinski definition) is 3. The Kier molecular flexibility index (Phi) is 8.49. The fraction of sp³-hybridized carbons (Fsp3) is 0.320. The number of halogens is 2. The minimum atomic E-state index is -0.327. The third-order valence-corrected chi connectivity index (χ3v) is 7.27. The molecule has 1 aromatic heterocycles. The number of ether oxygens (including phenoxy) is 1. The lowest BCUT2D eigenvalue weighted by Crippen LogP contribution is -2.54. The second-order valence-electron chi connectivity index (χ2n) is 8.40. The maximum atomic E-state index is 12.9. The molecule has 35 heavy (non-hydrogen) atoms. The lowest BCUT2D eigenvalue weighted by atomic mass is 9.90. The van der Waals surface area contributed by atoms with Crippen molar-refractivity contribution in [2.24, 2.45) is 0 Å². The fourth-order valence-corrected chi connectivity index (χ4v) is 4.87. The van der Waals surface area contributed by atoms with Crippen molar-refractivity contribution in [3.05, 3.63) is 74.2 Å². The normalized spacial score (nSPS) is 17.5. The van der Waals surface area contributed by atoms with E-state index < -0.39 is 0 Å². The molecule has 3 aromatic rings. The molecule has 184 valence electrons. The molecule has 1 aliphatic carbocycles. The maximum absolute atomic E-state index is 12.9. The second kappa shape index (κ2) is 11.7. The van der Waals surface area contributed by atoms with Crippen LogP contribution in [0.5, 0.6) is 5.75 Å². The highest BCUT2D eigenvalue weighted by molar-refractivity contribution is 7.09. The summed E-state index contributed by atoms with van der Waals surface area (Å²) >= 11 is 13.4. The molecule has 4 rings (SSSR count). The zero-order valence-electron chi connectivity index (χ0n) is 19.1. The maximum Gasteiger partial charge on any atom is 0.319 e. The van der Waals surface area contributed by atoms with Crippen molar-refractivity contribution >= 4 is 52.2 Å². The van der Waals surface area contributed by atoms with Gasteiger partial charge in [-0.1, -0.05) is 42.1 Å². The minimum absolute atomic E-state index is 0.181. The van der Waals surface area contributed by atoms with E-state index in [1.54, 1.807) is 41.8 Å². The van der Waals surface area contributed by atoms with Crippen molar-refractivity contribution in [2.75, 3.05) is 5.32 Å². The van der Waals surface area contributed by atoms with Crippen LogP contribution in [0.2, 0.25) is 10.0 Å². The summed E-state index contributed by atoms with van der Waals surface area (Å²) in [4.78, 5) is 29.9. The summed E-state index contributed by atoms with van der Waals surface area (Å²) in [5.41, 5.74) is 1.90. The fourth-order valence-electron chi connectivity index (χ4n) is 3.88. The number of nitrogens with one attached hydrogen (secondary N) is 3. The average molecular weight is 533 g/mol. The number of rotatable bonds is 7. The summed E-state index contributed by atoms with van der Waals surface area (Å²) in [5.74, 6) is 0.418. The molecular formula is C25H26Cl2N4O3S. The largest absolute Gasteiger partial charge is 0.486 e. The first kappa shape index (κ1) is 25.3. The highest BCUT2D eigenvalue weighted by atomic mass is 35.5. The van der Waals surface area contributed by atoms with Gasteiger partial charge in [-0.15, -0.1) is 11.3 Å². The van der Waals surface area contributed by atoms with Crippen LogP contribution in [-0.2, 0) is 6.61 Å². The zero-order valence-corrected chi connectivity index (χ0v) is 21.5. The van der Waals surface area contributed by atoms with E-state index in [0.717, 1.165) is 31.2 Å². The molecule has 0 aliphatic heterocycles. The van der Waals surface area contributed by atoms with E-state index in [1.165, 1.54) is 11.3 Å². The third kappa shape index (κ3) is 7.10. The second-order valence-corrected chi connectivity index (χ2v) is 10.2. The average Bonchev–Trinajstić information content (AvgIpc) is 3.32. The third-order valence-electron chi connectivity index (χ3n) is 5.79. The SMILES string of the molecule is Cc1ccc(NC(=O)NC2CCCCC2NC(=O)c2csc(COc3ccc(Cl)cc3)n2)cc1Cl. The number of anilines is 1. The van der Waals surface area contributed by atoms with Crippen LogP contribution in [-0.4, -0.2) is 29.0 Å². The van der Waals surface area contributed by atoms with Crippen molar-refractivity contribution in [1.29, 1.82) is 0 Å². The van der Waals surface area contributed by atoms with Crippen molar-refractivity contribution in [3.8, 4) is 5.75 Å². The molecule has 1 fully saturated rings. The van der Waals surface area contributed by atoms with Crippen LogP contribution in [0.4, 0.5) is 10.5 Å². The van der Waals surface area contributed by atoms with Crippen LogP contribution < -0.4 is 20.7 Å². The summed E-state index contributed by atoms with van der Waals surface area (Å²) < 4.78 is 5.71. The number of aryl methyl sites for hydroxylation is 1. The van der Waals surface area contributed by atoms with Crippen LogP contribution in [0.3, 0.4) is 0 Å². The van der Waals surface area contributed by atoms with Crippen LogP contribution in [0.15, 0.2) is 47.8 Å². The van der Waals surface area contributed by atoms with Crippen molar-refractivity contribution in [2.45, 2.75) is 51.3 Å². The Morgan fingerprint density at radius 3 is 2.49 bits per heavy atom. The minimum Gasteiger partial charge on any atom is -0.486 e. The van der Waals surface area contributed by atoms with Gasteiger partial charge in [0, 0.05) is 27.2 Å². The summed E-state index contributed by atoms with van der Waals surface area (Å²) in [6.45, 7) is 2.16. The van der Waals surface area contributed by atoms with Crippen LogP contribution in [0.25, 0.3) is 0 Å². The van der Waals surface area contributed by atoms with Gasteiger partial charge in [-0.3, -0.25) is 4.79 Å². The monoisotopic (exact) mass is 532 g/mol. The number of benzene rings is 2. The van der Waals surface area contributed by atoms with Crippen molar-refractivity contribution in [3.63, 3.8) is 0 Å². The smallest absolute Gasteiger partial charge is 0.319 e. The van der Waals surface area contributed by atoms with E-state index in [9.17, 15) is 9.59 Å². The van der Waals surface area contributed by atoms with Gasteiger partial charge in [-0.2, -0.15) is 0 Å². The Hall–Kier alpha value is -2.81. The first-order chi connectivity index (χ1) is 16.9. The number of hydrogen-bond acceptors (Lipinski definition) is 5. The number of carbonyl (C=O) groups excluding carboxylic acids is 2. The van der Waals surface area contributed by atoms with Crippen molar-refractivity contribution in [1.82, 2.24) is 15.6 Å². The molecule has 3 amide bonds. The Morgan fingerprint density at radius 2 is 1.77 bits per heavy atom.